The van der Waals surface area contributed by atoms with E-state index in [1.807, 2.05) is 13.8 Å². The van der Waals surface area contributed by atoms with Gasteiger partial charge in [0.2, 0.25) is 0 Å². The van der Waals surface area contributed by atoms with Crippen molar-refractivity contribution in [2.45, 2.75) is 39.8 Å². The lowest BCUT2D eigenvalue weighted by molar-refractivity contribution is 0.0298. The van der Waals surface area contributed by atoms with E-state index < -0.39 is 6.23 Å². The highest BCUT2D eigenvalue weighted by atomic mass is 16.3. The van der Waals surface area contributed by atoms with Gasteiger partial charge in [0.1, 0.15) is 0 Å². The molecule has 0 spiro atoms. The highest BCUT2D eigenvalue weighted by Gasteiger charge is 2.14. The molecule has 0 aromatic carbocycles. The van der Waals surface area contributed by atoms with Crippen molar-refractivity contribution >= 4 is 0 Å². The lowest BCUT2D eigenvalue weighted by Gasteiger charge is -2.11. The molecule has 1 heterocycles. The molecule has 0 radical (unpaired) electrons. The summed E-state index contributed by atoms with van der Waals surface area (Å²) in [4.78, 5) is 1.27. The van der Waals surface area contributed by atoms with Crippen LogP contribution < -0.4 is 0 Å². The van der Waals surface area contributed by atoms with E-state index in [9.17, 15) is 5.11 Å². The molecule has 1 N–H and O–H groups in total. The number of aliphatic hydroxyl groups excluding tert-OH is 1. The Bertz CT molecular complexity index is 258. The molecule has 0 aliphatic rings. The molecule has 1 unspecified atom stereocenters. The topological polar surface area (TPSA) is 63.8 Å². The molecule has 0 aliphatic heterocycles. The number of rotatable bonds is 4. The minimum atomic E-state index is -0.668. The summed E-state index contributed by atoms with van der Waals surface area (Å²) < 4.78 is 0. The molecule has 1 aromatic heterocycles. The minimum Gasteiger partial charge on any atom is -0.370 e. The van der Waals surface area contributed by atoms with Crippen LogP contribution in [0, 0.1) is 5.92 Å². The average molecular weight is 184 g/mol. The van der Waals surface area contributed by atoms with Crippen LogP contribution in [0.4, 0.5) is 0 Å². The van der Waals surface area contributed by atoms with E-state index in [1.54, 1.807) is 0 Å². The summed E-state index contributed by atoms with van der Waals surface area (Å²) in [5, 5.41) is 21.3. The van der Waals surface area contributed by atoms with Crippen LogP contribution in [0.15, 0.2) is 0 Å². The second-order valence-electron chi connectivity index (χ2n) is 3.43. The molecule has 1 atom stereocenters. The van der Waals surface area contributed by atoms with Crippen molar-refractivity contribution in [2.75, 3.05) is 0 Å². The number of aromatic nitrogens is 4. The summed E-state index contributed by atoms with van der Waals surface area (Å²) in [6.07, 6.45) is 1.13. The Kier molecular flexibility index (Phi) is 3.36. The maximum atomic E-state index is 9.58. The number of aliphatic hydroxyl groups is 1. The molecule has 1 rings (SSSR count). The van der Waals surface area contributed by atoms with Gasteiger partial charge in [-0.05, 0) is 11.6 Å². The van der Waals surface area contributed by atoms with E-state index >= 15 is 0 Å². The molecule has 13 heavy (non-hydrogen) atoms. The van der Waals surface area contributed by atoms with Crippen LogP contribution in [0.25, 0.3) is 0 Å². The van der Waals surface area contributed by atoms with Gasteiger partial charge < -0.3 is 5.11 Å². The molecule has 5 nitrogen and oxygen atoms in total. The summed E-state index contributed by atoms with van der Waals surface area (Å²) in [6.45, 7) is 5.88. The van der Waals surface area contributed by atoms with E-state index in [1.165, 1.54) is 4.80 Å². The molecule has 0 fully saturated rings. The summed E-state index contributed by atoms with van der Waals surface area (Å²) in [5.41, 5.74) is 0. The van der Waals surface area contributed by atoms with Crippen LogP contribution in [-0.2, 0) is 6.42 Å². The standard InChI is InChI=1S/C8H16N4O/c1-4-5-7-9-11-12(10-7)8(13)6(2)3/h6,8,13H,4-5H2,1-3H3. The second kappa shape index (κ2) is 4.32. The van der Waals surface area contributed by atoms with Crippen LogP contribution >= 0.6 is 0 Å². The Labute approximate surface area is 77.8 Å². The zero-order valence-corrected chi connectivity index (χ0v) is 8.30. The summed E-state index contributed by atoms with van der Waals surface area (Å²) >= 11 is 0. The van der Waals surface area contributed by atoms with Crippen molar-refractivity contribution in [1.82, 2.24) is 20.2 Å². The molecule has 74 valence electrons. The molecule has 0 saturated heterocycles. The van der Waals surface area contributed by atoms with Crippen molar-refractivity contribution < 1.29 is 5.11 Å². The number of hydrogen-bond acceptors (Lipinski definition) is 4. The molecule has 0 saturated carbocycles. The maximum Gasteiger partial charge on any atom is 0.174 e. The Morgan fingerprint density at radius 1 is 1.46 bits per heavy atom. The Hall–Kier alpha value is -0.970. The van der Waals surface area contributed by atoms with E-state index in [4.69, 9.17) is 0 Å². The van der Waals surface area contributed by atoms with Gasteiger partial charge in [0.15, 0.2) is 12.1 Å². The molecule has 5 heteroatoms. The summed E-state index contributed by atoms with van der Waals surface area (Å²) in [5.74, 6) is 0.797. The minimum absolute atomic E-state index is 0.101. The smallest absolute Gasteiger partial charge is 0.174 e. The first-order valence-corrected chi connectivity index (χ1v) is 4.61. The normalized spacial score (nSPS) is 13.6. The van der Waals surface area contributed by atoms with Crippen molar-refractivity contribution in [3.05, 3.63) is 5.82 Å². The van der Waals surface area contributed by atoms with Crippen LogP contribution in [0.5, 0.6) is 0 Å². The van der Waals surface area contributed by atoms with Crippen molar-refractivity contribution in [2.24, 2.45) is 5.92 Å². The van der Waals surface area contributed by atoms with Gasteiger partial charge in [-0.1, -0.05) is 20.8 Å². The Balaban J connectivity index is 2.67. The molecule has 0 aliphatic carbocycles. The van der Waals surface area contributed by atoms with Gasteiger partial charge in [0, 0.05) is 12.3 Å². The SMILES string of the molecule is CCCc1nnn(C(O)C(C)C)n1. The van der Waals surface area contributed by atoms with Gasteiger partial charge in [0.05, 0.1) is 0 Å². The molecule has 1 aromatic rings. The van der Waals surface area contributed by atoms with Gasteiger partial charge in [-0.25, -0.2) is 0 Å². The zero-order valence-electron chi connectivity index (χ0n) is 8.30. The van der Waals surface area contributed by atoms with Crippen LogP contribution in [-0.4, -0.2) is 25.3 Å². The fourth-order valence-electron chi connectivity index (χ4n) is 0.958. The van der Waals surface area contributed by atoms with Crippen LogP contribution in [0.1, 0.15) is 39.2 Å². The number of nitrogens with zero attached hydrogens (tertiary/aromatic N) is 4. The lowest BCUT2D eigenvalue weighted by Crippen LogP contribution is -2.17. The van der Waals surface area contributed by atoms with E-state index in [0.717, 1.165) is 12.8 Å². The fraction of sp³-hybridized carbons (Fsp3) is 0.875. The highest BCUT2D eigenvalue weighted by molar-refractivity contribution is 4.76. The van der Waals surface area contributed by atoms with Gasteiger partial charge in [-0.3, -0.25) is 0 Å². The quantitative estimate of drug-likeness (QED) is 0.750. The Morgan fingerprint density at radius 2 is 2.15 bits per heavy atom. The highest BCUT2D eigenvalue weighted by Crippen LogP contribution is 2.10. The molecule has 0 bridgehead atoms. The first-order chi connectivity index (χ1) is 6.15. The van der Waals surface area contributed by atoms with E-state index in [0.29, 0.717) is 5.82 Å². The first-order valence-electron chi connectivity index (χ1n) is 4.61. The largest absolute Gasteiger partial charge is 0.370 e. The Morgan fingerprint density at radius 3 is 2.69 bits per heavy atom. The summed E-state index contributed by atoms with van der Waals surface area (Å²) in [6, 6.07) is 0. The van der Waals surface area contributed by atoms with Gasteiger partial charge in [-0.2, -0.15) is 0 Å². The summed E-state index contributed by atoms with van der Waals surface area (Å²) in [7, 11) is 0. The third kappa shape index (κ3) is 2.48. The van der Waals surface area contributed by atoms with E-state index in [2.05, 4.69) is 22.3 Å². The number of tetrazole rings is 1. The van der Waals surface area contributed by atoms with Crippen LogP contribution in [0.2, 0.25) is 0 Å². The zero-order chi connectivity index (χ0) is 9.84. The molecule has 0 amide bonds. The van der Waals surface area contributed by atoms with Crippen LogP contribution in [0.3, 0.4) is 0 Å². The molecular formula is C8H16N4O. The van der Waals surface area contributed by atoms with Gasteiger partial charge in [0.25, 0.3) is 0 Å². The van der Waals surface area contributed by atoms with E-state index in [-0.39, 0.29) is 5.92 Å². The second-order valence-corrected chi connectivity index (χ2v) is 3.43. The van der Waals surface area contributed by atoms with Crippen molar-refractivity contribution in [1.29, 1.82) is 0 Å². The van der Waals surface area contributed by atoms with Gasteiger partial charge in [-0.15, -0.1) is 15.0 Å². The number of aryl methyl sites for hydroxylation is 1. The van der Waals surface area contributed by atoms with Gasteiger partial charge >= 0.3 is 0 Å². The maximum absolute atomic E-state index is 9.58. The predicted molar refractivity (Wildman–Crippen MR) is 47.9 cm³/mol. The third-order valence-electron chi connectivity index (χ3n) is 1.78. The third-order valence-corrected chi connectivity index (χ3v) is 1.78. The first kappa shape index (κ1) is 10.1. The lowest BCUT2D eigenvalue weighted by atomic mass is 10.2. The number of hydrogen-bond donors (Lipinski definition) is 1. The van der Waals surface area contributed by atoms with Crippen molar-refractivity contribution in [3.63, 3.8) is 0 Å². The average Bonchev–Trinajstić information content (AvgIpc) is 2.52. The van der Waals surface area contributed by atoms with Crippen molar-refractivity contribution in [3.8, 4) is 0 Å². The predicted octanol–water partition coefficient (Wildman–Crippen LogP) is 0.772. The monoisotopic (exact) mass is 184 g/mol. The fourth-order valence-corrected chi connectivity index (χ4v) is 0.958. The molecular weight excluding hydrogens is 168 g/mol.